The van der Waals surface area contributed by atoms with Gasteiger partial charge in [-0.1, -0.05) is 13.8 Å². The minimum absolute atomic E-state index is 0.216. The summed E-state index contributed by atoms with van der Waals surface area (Å²) < 4.78 is 5.61. The number of nitriles is 1. The first kappa shape index (κ1) is 20.6. The number of aryl methyl sites for hydroxylation is 1. The summed E-state index contributed by atoms with van der Waals surface area (Å²) in [5, 5.41) is 26.5. The summed E-state index contributed by atoms with van der Waals surface area (Å²) in [7, 11) is 0. The monoisotopic (exact) mass is 362 g/mol. The van der Waals surface area contributed by atoms with Crippen LogP contribution in [-0.4, -0.2) is 34.4 Å². The van der Waals surface area contributed by atoms with Crippen LogP contribution in [0.15, 0.2) is 18.2 Å². The summed E-state index contributed by atoms with van der Waals surface area (Å²) in [4.78, 5) is 15.6. The normalized spacial score (nSPS) is 9.96. The summed E-state index contributed by atoms with van der Waals surface area (Å²) in [5.74, 6) is -0.0868. The fourth-order valence-corrected chi connectivity index (χ4v) is 2.75. The fraction of sp³-hybridized carbons (Fsp3) is 0.389. The Morgan fingerprint density at radius 3 is 2.56 bits per heavy atom. The zero-order valence-electron chi connectivity index (χ0n) is 14.7. The number of hydrogen-bond acceptors (Lipinski definition) is 6. The second-order valence-corrected chi connectivity index (χ2v) is 6.58. The van der Waals surface area contributed by atoms with Gasteiger partial charge in [0.15, 0.2) is 0 Å². The molecule has 7 heteroatoms. The van der Waals surface area contributed by atoms with Crippen molar-refractivity contribution in [2.45, 2.75) is 27.7 Å². The van der Waals surface area contributed by atoms with Gasteiger partial charge < -0.3 is 14.9 Å². The van der Waals surface area contributed by atoms with Crippen LogP contribution < -0.4 is 4.74 Å². The molecule has 0 aliphatic carbocycles. The van der Waals surface area contributed by atoms with Crippen molar-refractivity contribution in [3.8, 4) is 22.4 Å². The molecule has 0 spiro atoms. The van der Waals surface area contributed by atoms with Gasteiger partial charge in [-0.25, -0.2) is 9.78 Å². The SMILES string of the molecule is CCO.Cc1nc(-c2ccc(OCC(C)C)c(C#N)c2)sc1C(=O)O. The molecule has 1 aromatic heterocycles. The smallest absolute Gasteiger partial charge is 0.347 e. The van der Waals surface area contributed by atoms with Crippen molar-refractivity contribution >= 4 is 17.3 Å². The predicted octanol–water partition coefficient (Wildman–Crippen LogP) is 3.72. The van der Waals surface area contributed by atoms with Crippen molar-refractivity contribution < 1.29 is 19.7 Å². The Balaban J connectivity index is 0.000000970. The third kappa shape index (κ3) is 5.85. The van der Waals surface area contributed by atoms with E-state index in [0.29, 0.717) is 40.1 Å². The average Bonchev–Trinajstić information content (AvgIpc) is 2.95. The molecule has 0 radical (unpaired) electrons. The number of rotatable bonds is 5. The van der Waals surface area contributed by atoms with Crippen LogP contribution in [0, 0.1) is 24.2 Å². The largest absolute Gasteiger partial charge is 0.492 e. The Morgan fingerprint density at radius 2 is 2.08 bits per heavy atom. The number of carboxylic acid groups (broad SMARTS) is 1. The lowest BCUT2D eigenvalue weighted by atomic mass is 10.1. The second-order valence-electron chi connectivity index (χ2n) is 5.58. The van der Waals surface area contributed by atoms with Crippen LogP contribution in [0.25, 0.3) is 10.6 Å². The van der Waals surface area contributed by atoms with Gasteiger partial charge in [0.25, 0.3) is 0 Å². The molecule has 1 aromatic carbocycles. The lowest BCUT2D eigenvalue weighted by molar-refractivity contribution is 0.0701. The number of hydrogen-bond donors (Lipinski definition) is 2. The molecule has 0 aliphatic rings. The molecule has 2 aromatic rings. The van der Waals surface area contributed by atoms with E-state index in [-0.39, 0.29) is 11.5 Å². The standard InChI is InChI=1S/C16H16N2O3S.C2H6O/c1-9(2)8-21-13-5-4-11(6-12(13)7-17)15-18-10(3)14(22-15)16(19)20;1-2-3/h4-6,9H,8H2,1-3H3,(H,19,20);3H,2H2,1H3. The molecule has 0 fully saturated rings. The second kappa shape index (κ2) is 9.77. The Hall–Kier alpha value is -2.43. The first-order chi connectivity index (χ1) is 11.8. The number of aliphatic hydroxyl groups is 1. The van der Waals surface area contributed by atoms with Gasteiger partial charge in [-0.3, -0.25) is 0 Å². The quantitative estimate of drug-likeness (QED) is 0.840. The van der Waals surface area contributed by atoms with E-state index in [4.69, 9.17) is 14.9 Å². The van der Waals surface area contributed by atoms with E-state index in [2.05, 4.69) is 11.1 Å². The van der Waals surface area contributed by atoms with Gasteiger partial charge in [0.1, 0.15) is 21.7 Å². The lowest BCUT2D eigenvalue weighted by Crippen LogP contribution is -2.05. The molecule has 0 bridgehead atoms. The summed E-state index contributed by atoms with van der Waals surface area (Å²) in [6.07, 6.45) is 0. The highest BCUT2D eigenvalue weighted by atomic mass is 32.1. The molecule has 2 rings (SSSR count). The fourth-order valence-electron chi connectivity index (χ4n) is 1.85. The van der Waals surface area contributed by atoms with E-state index in [1.165, 1.54) is 0 Å². The van der Waals surface area contributed by atoms with E-state index >= 15 is 0 Å². The van der Waals surface area contributed by atoms with E-state index in [1.54, 1.807) is 32.0 Å². The van der Waals surface area contributed by atoms with E-state index in [1.807, 2.05) is 13.8 Å². The van der Waals surface area contributed by atoms with Crippen LogP contribution in [-0.2, 0) is 0 Å². The topological polar surface area (TPSA) is 103 Å². The van der Waals surface area contributed by atoms with Crippen molar-refractivity contribution in [2.75, 3.05) is 13.2 Å². The van der Waals surface area contributed by atoms with Gasteiger partial charge in [-0.2, -0.15) is 5.26 Å². The van der Waals surface area contributed by atoms with E-state index in [9.17, 15) is 10.1 Å². The molecule has 6 nitrogen and oxygen atoms in total. The average molecular weight is 362 g/mol. The number of benzene rings is 1. The summed E-state index contributed by atoms with van der Waals surface area (Å²) in [6.45, 7) is 8.20. The number of aliphatic hydroxyl groups excluding tert-OH is 1. The molecule has 0 atom stereocenters. The van der Waals surface area contributed by atoms with Crippen LogP contribution in [0.5, 0.6) is 5.75 Å². The zero-order chi connectivity index (χ0) is 19.0. The Morgan fingerprint density at radius 1 is 1.44 bits per heavy atom. The van der Waals surface area contributed by atoms with Crippen molar-refractivity contribution in [3.05, 3.63) is 34.3 Å². The molecule has 0 aliphatic heterocycles. The third-order valence-electron chi connectivity index (χ3n) is 2.91. The van der Waals surface area contributed by atoms with Crippen LogP contribution in [0.4, 0.5) is 0 Å². The molecule has 0 unspecified atom stereocenters. The van der Waals surface area contributed by atoms with Gasteiger partial charge in [0, 0.05) is 12.2 Å². The number of thiazole rings is 1. The summed E-state index contributed by atoms with van der Waals surface area (Å²) in [5.41, 5.74) is 1.61. The van der Waals surface area contributed by atoms with E-state index < -0.39 is 5.97 Å². The molecule has 2 N–H and O–H groups in total. The van der Waals surface area contributed by atoms with Crippen LogP contribution in [0.2, 0.25) is 0 Å². The maximum Gasteiger partial charge on any atom is 0.347 e. The molecule has 0 saturated heterocycles. The Labute approximate surface area is 151 Å². The first-order valence-corrected chi connectivity index (χ1v) is 8.64. The van der Waals surface area contributed by atoms with Gasteiger partial charge in [0.05, 0.1) is 17.9 Å². The number of carboxylic acids is 1. The molecule has 0 saturated carbocycles. The van der Waals surface area contributed by atoms with Crippen molar-refractivity contribution in [1.29, 1.82) is 5.26 Å². The van der Waals surface area contributed by atoms with Gasteiger partial charge in [-0.05, 0) is 38.0 Å². The number of aromatic nitrogens is 1. The van der Waals surface area contributed by atoms with Gasteiger partial charge in [0.2, 0.25) is 0 Å². The zero-order valence-corrected chi connectivity index (χ0v) is 15.6. The third-order valence-corrected chi connectivity index (χ3v) is 4.10. The van der Waals surface area contributed by atoms with Gasteiger partial charge >= 0.3 is 5.97 Å². The Kier molecular flexibility index (Phi) is 8.05. The molecular weight excluding hydrogens is 340 g/mol. The number of nitrogens with zero attached hydrogens (tertiary/aromatic N) is 2. The van der Waals surface area contributed by atoms with Crippen molar-refractivity contribution in [2.24, 2.45) is 5.92 Å². The van der Waals surface area contributed by atoms with Gasteiger partial charge in [-0.15, -0.1) is 11.3 Å². The molecule has 0 amide bonds. The van der Waals surface area contributed by atoms with E-state index in [0.717, 1.165) is 11.3 Å². The minimum Gasteiger partial charge on any atom is -0.492 e. The van der Waals surface area contributed by atoms with Crippen LogP contribution >= 0.6 is 11.3 Å². The highest BCUT2D eigenvalue weighted by Crippen LogP contribution is 2.31. The van der Waals surface area contributed by atoms with Crippen LogP contribution in [0.3, 0.4) is 0 Å². The minimum atomic E-state index is -0.987. The first-order valence-electron chi connectivity index (χ1n) is 7.82. The number of aromatic carboxylic acids is 1. The van der Waals surface area contributed by atoms with Crippen molar-refractivity contribution in [3.63, 3.8) is 0 Å². The number of carbonyl (C=O) groups is 1. The molecule has 134 valence electrons. The summed E-state index contributed by atoms with van der Waals surface area (Å²) in [6, 6.07) is 7.31. The highest BCUT2D eigenvalue weighted by molar-refractivity contribution is 7.17. The highest BCUT2D eigenvalue weighted by Gasteiger charge is 2.16. The molecule has 1 heterocycles. The van der Waals surface area contributed by atoms with Crippen molar-refractivity contribution in [1.82, 2.24) is 4.98 Å². The number of ether oxygens (including phenoxy) is 1. The maximum atomic E-state index is 11.1. The predicted molar refractivity (Wildman–Crippen MR) is 97.1 cm³/mol. The lowest BCUT2D eigenvalue weighted by Gasteiger charge is -2.10. The molecular formula is C18H22N2O4S. The van der Waals surface area contributed by atoms with Crippen LogP contribution in [0.1, 0.15) is 41.7 Å². The molecule has 25 heavy (non-hydrogen) atoms. The Bertz CT molecular complexity index is 763. The maximum absolute atomic E-state index is 11.1. The summed E-state index contributed by atoms with van der Waals surface area (Å²) >= 11 is 1.10.